The summed E-state index contributed by atoms with van der Waals surface area (Å²) in [5, 5.41) is 7.56. The first-order chi connectivity index (χ1) is 13.7. The zero-order valence-electron chi connectivity index (χ0n) is 15.0. The summed E-state index contributed by atoms with van der Waals surface area (Å²) >= 11 is 1.56. The van der Waals surface area contributed by atoms with E-state index < -0.39 is 0 Å². The summed E-state index contributed by atoms with van der Waals surface area (Å²) in [5.41, 5.74) is 2.45. The van der Waals surface area contributed by atoms with Crippen LogP contribution in [0.5, 0.6) is 5.75 Å². The molecule has 0 unspecified atom stereocenters. The molecule has 0 saturated carbocycles. The van der Waals surface area contributed by atoms with Gasteiger partial charge >= 0.3 is 0 Å². The highest BCUT2D eigenvalue weighted by Gasteiger charge is 2.15. The van der Waals surface area contributed by atoms with Gasteiger partial charge in [-0.3, -0.25) is 9.59 Å². The maximum Gasteiger partial charge on any atom is 0.270 e. The number of benzene rings is 1. The lowest BCUT2D eigenvalue weighted by Crippen LogP contribution is -2.27. The van der Waals surface area contributed by atoms with Crippen molar-refractivity contribution in [3.8, 4) is 5.75 Å². The number of hydrogen-bond donors (Lipinski definition) is 2. The lowest BCUT2D eigenvalue weighted by atomic mass is 10.1. The first-order valence-corrected chi connectivity index (χ1v) is 9.72. The summed E-state index contributed by atoms with van der Waals surface area (Å²) in [5.74, 6) is 0.207. The van der Waals surface area contributed by atoms with Crippen molar-refractivity contribution < 1.29 is 14.3 Å². The molecule has 142 valence electrons. The van der Waals surface area contributed by atoms with Crippen LogP contribution in [0.2, 0.25) is 0 Å². The lowest BCUT2D eigenvalue weighted by molar-refractivity contribution is 0.0944. The monoisotopic (exact) mass is 394 g/mol. The Morgan fingerprint density at radius 2 is 1.82 bits per heavy atom. The molecule has 1 aromatic carbocycles. The highest BCUT2D eigenvalue weighted by Crippen LogP contribution is 2.25. The minimum Gasteiger partial charge on any atom is -0.493 e. The standard InChI is InChI=1S/C20H18N4O3S/c25-19(21-10-13-3-4-18-14(8-13)5-6-27-18)16-9-17(24-12-23-16)20(26)22-11-15-2-1-7-28-15/h1-4,7-9,12H,5-6,10-11H2,(H,21,25)(H,22,26). The average Bonchev–Trinajstić information content (AvgIpc) is 3.41. The molecule has 2 amide bonds. The van der Waals surface area contributed by atoms with Crippen molar-refractivity contribution in [1.29, 1.82) is 0 Å². The van der Waals surface area contributed by atoms with Crippen LogP contribution in [0.3, 0.4) is 0 Å². The molecule has 0 radical (unpaired) electrons. The van der Waals surface area contributed by atoms with Crippen LogP contribution in [-0.2, 0) is 19.5 Å². The summed E-state index contributed by atoms with van der Waals surface area (Å²) in [7, 11) is 0. The summed E-state index contributed by atoms with van der Waals surface area (Å²) in [6.45, 7) is 1.49. The van der Waals surface area contributed by atoms with Gasteiger partial charge in [-0.25, -0.2) is 9.97 Å². The van der Waals surface area contributed by atoms with Crippen LogP contribution in [0.15, 0.2) is 48.1 Å². The Morgan fingerprint density at radius 1 is 1.04 bits per heavy atom. The normalized spacial score (nSPS) is 12.1. The summed E-state index contributed by atoms with van der Waals surface area (Å²) in [6, 6.07) is 11.1. The van der Waals surface area contributed by atoms with E-state index in [9.17, 15) is 9.59 Å². The number of hydrogen-bond acceptors (Lipinski definition) is 6. The van der Waals surface area contributed by atoms with Crippen LogP contribution in [0, 0.1) is 0 Å². The Morgan fingerprint density at radius 3 is 2.57 bits per heavy atom. The number of thiophene rings is 1. The van der Waals surface area contributed by atoms with Crippen LogP contribution >= 0.6 is 11.3 Å². The maximum absolute atomic E-state index is 12.4. The van der Waals surface area contributed by atoms with E-state index in [0.29, 0.717) is 19.7 Å². The molecular weight excluding hydrogens is 376 g/mol. The maximum atomic E-state index is 12.4. The molecule has 1 aliphatic rings. The molecule has 4 rings (SSSR count). The number of carbonyl (C=O) groups is 2. The minimum absolute atomic E-state index is 0.153. The second kappa shape index (κ2) is 8.18. The molecule has 0 saturated heterocycles. The molecule has 8 heteroatoms. The van der Waals surface area contributed by atoms with Crippen molar-refractivity contribution in [2.75, 3.05) is 6.61 Å². The van der Waals surface area contributed by atoms with Gasteiger partial charge in [0.2, 0.25) is 0 Å². The average molecular weight is 394 g/mol. The van der Waals surface area contributed by atoms with Crippen molar-refractivity contribution in [2.24, 2.45) is 0 Å². The van der Waals surface area contributed by atoms with Crippen molar-refractivity contribution in [1.82, 2.24) is 20.6 Å². The Labute approximate surface area is 165 Å². The Kier molecular flexibility index (Phi) is 5.29. The van der Waals surface area contributed by atoms with E-state index in [-0.39, 0.29) is 23.2 Å². The van der Waals surface area contributed by atoms with E-state index >= 15 is 0 Å². The molecule has 3 aromatic rings. The van der Waals surface area contributed by atoms with Gasteiger partial charge in [-0.15, -0.1) is 11.3 Å². The van der Waals surface area contributed by atoms with Gasteiger partial charge in [-0.2, -0.15) is 0 Å². The molecule has 0 fully saturated rings. The van der Waals surface area contributed by atoms with Gasteiger partial charge in [0.1, 0.15) is 23.5 Å². The molecule has 0 bridgehead atoms. The third-order valence-corrected chi connectivity index (χ3v) is 5.22. The van der Waals surface area contributed by atoms with Gasteiger partial charge in [0.05, 0.1) is 13.2 Å². The van der Waals surface area contributed by atoms with Gasteiger partial charge in [-0.05, 0) is 28.6 Å². The SMILES string of the molecule is O=C(NCc1ccc2c(c1)CCO2)c1cc(C(=O)NCc2cccs2)ncn1. The van der Waals surface area contributed by atoms with Crippen LogP contribution in [-0.4, -0.2) is 28.4 Å². The molecule has 0 aliphatic carbocycles. The molecule has 28 heavy (non-hydrogen) atoms. The van der Waals surface area contributed by atoms with Crippen LogP contribution in [0.1, 0.15) is 37.0 Å². The molecule has 1 aliphatic heterocycles. The Bertz CT molecular complexity index is 1000. The first-order valence-electron chi connectivity index (χ1n) is 8.84. The fraction of sp³-hybridized carbons (Fsp3) is 0.200. The minimum atomic E-state index is -0.355. The molecule has 2 aromatic heterocycles. The van der Waals surface area contributed by atoms with Crippen molar-refractivity contribution >= 4 is 23.2 Å². The number of nitrogens with one attached hydrogen (secondary N) is 2. The van der Waals surface area contributed by atoms with Gasteiger partial charge in [0.15, 0.2) is 0 Å². The molecule has 0 spiro atoms. The largest absolute Gasteiger partial charge is 0.493 e. The molecule has 7 nitrogen and oxygen atoms in total. The van der Waals surface area contributed by atoms with Crippen LogP contribution < -0.4 is 15.4 Å². The molecule has 0 atom stereocenters. The van der Waals surface area contributed by atoms with Crippen molar-refractivity contribution in [3.63, 3.8) is 0 Å². The zero-order chi connectivity index (χ0) is 19.3. The highest BCUT2D eigenvalue weighted by atomic mass is 32.1. The summed E-state index contributed by atoms with van der Waals surface area (Å²) < 4.78 is 5.49. The topological polar surface area (TPSA) is 93.2 Å². The second-order valence-electron chi connectivity index (χ2n) is 6.27. The zero-order valence-corrected chi connectivity index (χ0v) is 15.8. The van der Waals surface area contributed by atoms with E-state index in [2.05, 4.69) is 20.6 Å². The van der Waals surface area contributed by atoms with E-state index in [4.69, 9.17) is 4.74 Å². The number of amides is 2. The van der Waals surface area contributed by atoms with E-state index in [0.717, 1.165) is 28.2 Å². The van der Waals surface area contributed by atoms with Crippen LogP contribution in [0.4, 0.5) is 0 Å². The van der Waals surface area contributed by atoms with E-state index in [1.807, 2.05) is 35.7 Å². The van der Waals surface area contributed by atoms with Crippen molar-refractivity contribution in [3.05, 3.63) is 75.5 Å². The quantitative estimate of drug-likeness (QED) is 0.669. The number of aromatic nitrogens is 2. The van der Waals surface area contributed by atoms with Gasteiger partial charge < -0.3 is 15.4 Å². The molecule has 2 N–H and O–H groups in total. The van der Waals surface area contributed by atoms with Gasteiger partial charge in [-0.1, -0.05) is 18.2 Å². The number of fused-ring (bicyclic) bond motifs is 1. The second-order valence-corrected chi connectivity index (χ2v) is 7.31. The highest BCUT2D eigenvalue weighted by molar-refractivity contribution is 7.09. The number of ether oxygens (including phenoxy) is 1. The Hall–Kier alpha value is -3.26. The smallest absolute Gasteiger partial charge is 0.270 e. The van der Waals surface area contributed by atoms with Gasteiger partial charge in [0.25, 0.3) is 11.8 Å². The van der Waals surface area contributed by atoms with Crippen LogP contribution in [0.25, 0.3) is 0 Å². The predicted molar refractivity (Wildman–Crippen MR) is 104 cm³/mol. The third-order valence-electron chi connectivity index (χ3n) is 4.34. The molecule has 3 heterocycles. The number of rotatable bonds is 6. The van der Waals surface area contributed by atoms with Gasteiger partial charge in [0, 0.05) is 23.9 Å². The van der Waals surface area contributed by atoms with Crippen molar-refractivity contribution in [2.45, 2.75) is 19.5 Å². The lowest BCUT2D eigenvalue weighted by Gasteiger charge is -2.07. The summed E-state index contributed by atoms with van der Waals surface area (Å²) in [4.78, 5) is 33.7. The predicted octanol–water partition coefficient (Wildman–Crippen LogP) is 2.33. The molecular formula is C20H18N4O3S. The number of nitrogens with zero attached hydrogens (tertiary/aromatic N) is 2. The first kappa shape index (κ1) is 18.1. The fourth-order valence-electron chi connectivity index (χ4n) is 2.90. The van der Waals surface area contributed by atoms with E-state index in [1.165, 1.54) is 12.4 Å². The summed E-state index contributed by atoms with van der Waals surface area (Å²) in [6.07, 6.45) is 2.11. The van der Waals surface area contributed by atoms with E-state index in [1.54, 1.807) is 11.3 Å². The third kappa shape index (κ3) is 4.17. The fourth-order valence-corrected chi connectivity index (χ4v) is 3.54. The number of carbonyl (C=O) groups excluding carboxylic acids is 2. The Balaban J connectivity index is 1.36.